The molecule has 1 saturated carbocycles. The SMILES string of the molecule is COc1c(N2CC(NC[C@@H]3CN(c4ccc5c(n4)NC(=O)CO5)C(=O)O3)C2)ccc2c(=O)c(C(=O)O)cn(C3CC3)c12. The van der Waals surface area contributed by atoms with Gasteiger partial charge in [0.15, 0.2) is 23.9 Å². The predicted octanol–water partition coefficient (Wildman–Crippen LogP) is 1.57. The maximum absolute atomic E-state index is 12.9. The summed E-state index contributed by atoms with van der Waals surface area (Å²) >= 11 is 0. The summed E-state index contributed by atoms with van der Waals surface area (Å²) in [6.07, 6.45) is 2.36. The number of carbonyl (C=O) groups is 3. The second-order valence-electron chi connectivity index (χ2n) is 10.8. The van der Waals surface area contributed by atoms with Crippen LogP contribution in [0, 0.1) is 0 Å². The standard InChI is InChI=1S/C28H28N6O8/c1-40-25-19(5-4-17-23(25)33(15-2-3-15)12-18(24(17)36)27(37)38)32-9-14(10-32)29-8-16-11-34(28(39)42-16)21-7-6-20-26(30-21)31-22(35)13-41-20/h4-7,12,14-16,29H,2-3,8-11,13H2,1H3,(H,37,38)(H,30,31,35)/t16-/m1/s1. The number of amides is 2. The molecule has 0 unspecified atom stereocenters. The molecule has 4 aliphatic rings. The van der Waals surface area contributed by atoms with Gasteiger partial charge in [0.25, 0.3) is 5.91 Å². The minimum Gasteiger partial charge on any atom is -0.492 e. The van der Waals surface area contributed by atoms with Crippen LogP contribution in [0.3, 0.4) is 0 Å². The molecule has 3 N–H and O–H groups in total. The van der Waals surface area contributed by atoms with Gasteiger partial charge in [0.1, 0.15) is 17.5 Å². The van der Waals surface area contributed by atoms with Crippen molar-refractivity contribution in [2.24, 2.45) is 0 Å². The molecule has 218 valence electrons. The summed E-state index contributed by atoms with van der Waals surface area (Å²) in [5.74, 6) is 0.0837. The van der Waals surface area contributed by atoms with Crippen LogP contribution in [-0.4, -0.2) is 84.7 Å². The van der Waals surface area contributed by atoms with Crippen molar-refractivity contribution < 1.29 is 33.7 Å². The lowest BCUT2D eigenvalue weighted by atomic mass is 10.0. The molecular formula is C28H28N6O8. The van der Waals surface area contributed by atoms with E-state index in [0.717, 1.165) is 18.5 Å². The summed E-state index contributed by atoms with van der Waals surface area (Å²) < 4.78 is 18.6. The van der Waals surface area contributed by atoms with Crippen LogP contribution in [0.4, 0.5) is 22.1 Å². The van der Waals surface area contributed by atoms with E-state index in [0.29, 0.717) is 54.4 Å². The van der Waals surface area contributed by atoms with E-state index in [9.17, 15) is 24.3 Å². The van der Waals surface area contributed by atoms with E-state index < -0.39 is 17.5 Å². The van der Waals surface area contributed by atoms with Gasteiger partial charge in [0.05, 0.1) is 30.2 Å². The molecule has 0 bridgehead atoms. The monoisotopic (exact) mass is 576 g/mol. The average molecular weight is 577 g/mol. The molecule has 3 aliphatic heterocycles. The van der Waals surface area contributed by atoms with Crippen molar-refractivity contribution in [3.05, 3.63) is 46.2 Å². The molecule has 1 atom stereocenters. The molecule has 42 heavy (non-hydrogen) atoms. The Hall–Kier alpha value is -4.85. The fourth-order valence-electron chi connectivity index (χ4n) is 5.67. The number of aromatic carboxylic acids is 1. The number of carboxylic acid groups (broad SMARTS) is 1. The summed E-state index contributed by atoms with van der Waals surface area (Å²) in [7, 11) is 1.55. The molecule has 1 aliphatic carbocycles. The zero-order valence-electron chi connectivity index (χ0n) is 22.7. The van der Waals surface area contributed by atoms with Crippen LogP contribution < -0.4 is 35.3 Å². The third kappa shape index (κ3) is 4.43. The number of fused-ring (bicyclic) bond motifs is 2. The van der Waals surface area contributed by atoms with Gasteiger partial charge < -0.3 is 39.4 Å². The third-order valence-corrected chi connectivity index (χ3v) is 7.97. The minimum atomic E-state index is -1.24. The fraction of sp³-hybridized carbons (Fsp3) is 0.393. The number of cyclic esters (lactones) is 1. The van der Waals surface area contributed by atoms with Crippen molar-refractivity contribution in [1.29, 1.82) is 0 Å². The van der Waals surface area contributed by atoms with Crippen molar-refractivity contribution in [1.82, 2.24) is 14.9 Å². The molecule has 3 fully saturated rings. The molecule has 5 heterocycles. The molecular weight excluding hydrogens is 548 g/mol. The number of anilines is 3. The lowest BCUT2D eigenvalue weighted by Crippen LogP contribution is -2.59. The van der Waals surface area contributed by atoms with E-state index in [1.54, 1.807) is 31.4 Å². The first-order valence-electron chi connectivity index (χ1n) is 13.7. The summed E-state index contributed by atoms with van der Waals surface area (Å²) in [6.45, 7) is 2.01. The van der Waals surface area contributed by atoms with Crippen LogP contribution >= 0.6 is 0 Å². The number of aromatic nitrogens is 2. The van der Waals surface area contributed by atoms with Crippen molar-refractivity contribution in [2.75, 3.05) is 55.0 Å². The first-order chi connectivity index (χ1) is 20.3. The van der Waals surface area contributed by atoms with Gasteiger partial charge in [-0.05, 0) is 37.1 Å². The molecule has 0 spiro atoms. The topological polar surface area (TPSA) is 165 Å². The summed E-state index contributed by atoms with van der Waals surface area (Å²) in [4.78, 5) is 56.7. The highest BCUT2D eigenvalue weighted by Crippen LogP contribution is 2.43. The number of carbonyl (C=O) groups excluding carboxylic acids is 2. The number of nitrogens with one attached hydrogen (secondary N) is 2. The van der Waals surface area contributed by atoms with E-state index in [1.807, 2.05) is 4.57 Å². The van der Waals surface area contributed by atoms with Crippen molar-refractivity contribution in [3.63, 3.8) is 0 Å². The normalized spacial score (nSPS) is 20.1. The number of benzene rings is 1. The quantitative estimate of drug-likeness (QED) is 0.357. The molecule has 7 rings (SSSR count). The highest BCUT2D eigenvalue weighted by Gasteiger charge is 2.37. The number of rotatable bonds is 8. The molecule has 2 aromatic heterocycles. The average Bonchev–Trinajstić information content (AvgIpc) is 3.73. The maximum atomic E-state index is 12.9. The molecule has 14 nitrogen and oxygen atoms in total. The van der Waals surface area contributed by atoms with Crippen LogP contribution in [-0.2, 0) is 9.53 Å². The highest BCUT2D eigenvalue weighted by molar-refractivity contribution is 5.97. The second-order valence-corrected chi connectivity index (χ2v) is 10.8. The van der Waals surface area contributed by atoms with E-state index in [1.165, 1.54) is 11.1 Å². The maximum Gasteiger partial charge on any atom is 0.416 e. The van der Waals surface area contributed by atoms with E-state index in [-0.39, 0.29) is 42.1 Å². The van der Waals surface area contributed by atoms with Gasteiger partial charge in [-0.1, -0.05) is 0 Å². The van der Waals surface area contributed by atoms with Gasteiger partial charge in [0.2, 0.25) is 5.43 Å². The number of hydrogen-bond donors (Lipinski definition) is 3. The lowest BCUT2D eigenvalue weighted by Gasteiger charge is -2.42. The molecule has 2 saturated heterocycles. The third-order valence-electron chi connectivity index (χ3n) is 7.97. The fourth-order valence-corrected chi connectivity index (χ4v) is 5.67. The van der Waals surface area contributed by atoms with Gasteiger partial charge >= 0.3 is 12.1 Å². The summed E-state index contributed by atoms with van der Waals surface area (Å²) in [6, 6.07) is 7.07. The van der Waals surface area contributed by atoms with Gasteiger partial charge in [-0.3, -0.25) is 14.5 Å². The van der Waals surface area contributed by atoms with Gasteiger partial charge in [-0.25, -0.2) is 14.6 Å². The molecule has 3 aromatic rings. The summed E-state index contributed by atoms with van der Waals surface area (Å²) in [5, 5.41) is 16.0. The predicted molar refractivity (Wildman–Crippen MR) is 150 cm³/mol. The second kappa shape index (κ2) is 9.91. The Morgan fingerprint density at radius 1 is 1.17 bits per heavy atom. The van der Waals surface area contributed by atoms with Crippen molar-refractivity contribution in [2.45, 2.75) is 31.0 Å². The van der Waals surface area contributed by atoms with Crippen LogP contribution in [0.2, 0.25) is 0 Å². The minimum absolute atomic E-state index is 0.0745. The van der Waals surface area contributed by atoms with Crippen LogP contribution in [0.5, 0.6) is 11.5 Å². The number of hydrogen-bond acceptors (Lipinski definition) is 10. The van der Waals surface area contributed by atoms with E-state index in [2.05, 4.69) is 20.5 Å². The van der Waals surface area contributed by atoms with Gasteiger partial charge in [-0.15, -0.1) is 0 Å². The van der Waals surface area contributed by atoms with Gasteiger partial charge in [0, 0.05) is 37.9 Å². The number of methoxy groups -OCH3 is 1. The highest BCUT2D eigenvalue weighted by atomic mass is 16.6. The number of nitrogens with zero attached hydrogens (tertiary/aromatic N) is 4. The number of pyridine rings is 2. The zero-order chi connectivity index (χ0) is 29.1. The Balaban J connectivity index is 1.01. The number of ether oxygens (including phenoxy) is 3. The van der Waals surface area contributed by atoms with Crippen LogP contribution in [0.25, 0.3) is 10.9 Å². The molecule has 2 amide bonds. The molecule has 14 heteroatoms. The van der Waals surface area contributed by atoms with E-state index >= 15 is 0 Å². The smallest absolute Gasteiger partial charge is 0.416 e. The van der Waals surface area contributed by atoms with Gasteiger partial charge in [-0.2, -0.15) is 0 Å². The van der Waals surface area contributed by atoms with Crippen molar-refractivity contribution >= 4 is 46.2 Å². The number of carboxylic acids is 1. The lowest BCUT2D eigenvalue weighted by molar-refractivity contribution is -0.118. The van der Waals surface area contributed by atoms with Crippen LogP contribution in [0.15, 0.2) is 35.3 Å². The first-order valence-corrected chi connectivity index (χ1v) is 13.7. The Morgan fingerprint density at radius 3 is 2.71 bits per heavy atom. The molecule has 1 aromatic carbocycles. The largest absolute Gasteiger partial charge is 0.492 e. The van der Waals surface area contributed by atoms with Crippen molar-refractivity contribution in [3.8, 4) is 11.5 Å². The van der Waals surface area contributed by atoms with E-state index in [4.69, 9.17) is 14.2 Å². The zero-order valence-corrected chi connectivity index (χ0v) is 22.7. The Kier molecular flexibility index (Phi) is 6.15. The first kappa shape index (κ1) is 26.1. The summed E-state index contributed by atoms with van der Waals surface area (Å²) in [5.41, 5.74) is 0.676. The Bertz CT molecular complexity index is 1700. The Morgan fingerprint density at radius 2 is 1.98 bits per heavy atom. The Labute approximate surface area is 238 Å². The van der Waals surface area contributed by atoms with Crippen LogP contribution in [0.1, 0.15) is 29.2 Å². The molecule has 0 radical (unpaired) electrons.